The number of nitrogens with zero attached hydrogens (tertiary/aromatic N) is 4. The molecule has 0 unspecified atom stereocenters. The third-order valence-corrected chi connectivity index (χ3v) is 4.26. The molecule has 2 aromatic heterocycles. The first-order chi connectivity index (χ1) is 11.6. The lowest BCUT2D eigenvalue weighted by atomic mass is 9.96. The summed E-state index contributed by atoms with van der Waals surface area (Å²) in [6.07, 6.45) is 7.19. The fourth-order valence-electron chi connectivity index (χ4n) is 3.08. The van der Waals surface area contributed by atoms with Gasteiger partial charge in [0.1, 0.15) is 5.82 Å². The van der Waals surface area contributed by atoms with Crippen molar-refractivity contribution >= 4 is 6.09 Å². The first-order valence-corrected chi connectivity index (χ1v) is 8.50. The van der Waals surface area contributed by atoms with E-state index >= 15 is 0 Å². The molecule has 6 heteroatoms. The highest BCUT2D eigenvalue weighted by molar-refractivity contribution is 5.67. The summed E-state index contributed by atoms with van der Waals surface area (Å²) in [4.78, 5) is 22.7. The Labute approximate surface area is 142 Å². The molecular weight excluding hydrogens is 304 g/mol. The maximum absolute atomic E-state index is 12.0. The van der Waals surface area contributed by atoms with Crippen molar-refractivity contribution in [2.45, 2.75) is 45.3 Å². The molecule has 24 heavy (non-hydrogen) atoms. The Hall–Kier alpha value is -2.37. The van der Waals surface area contributed by atoms with Crippen LogP contribution in [-0.4, -0.2) is 44.7 Å². The minimum atomic E-state index is -0.208. The number of piperidine rings is 1. The van der Waals surface area contributed by atoms with E-state index in [4.69, 9.17) is 4.74 Å². The molecule has 0 aromatic carbocycles. The third kappa shape index (κ3) is 3.93. The lowest BCUT2D eigenvalue weighted by molar-refractivity contribution is 0.0687. The summed E-state index contributed by atoms with van der Waals surface area (Å²) in [5.41, 5.74) is 1.02. The summed E-state index contributed by atoms with van der Waals surface area (Å²) in [7, 11) is 0. The predicted molar refractivity (Wildman–Crippen MR) is 90.7 cm³/mol. The van der Waals surface area contributed by atoms with Gasteiger partial charge in [0, 0.05) is 37.6 Å². The number of hydrogen-bond donors (Lipinski definition) is 0. The molecule has 1 saturated heterocycles. The molecule has 0 radical (unpaired) electrons. The summed E-state index contributed by atoms with van der Waals surface area (Å²) in [6.45, 7) is 5.91. The summed E-state index contributed by atoms with van der Waals surface area (Å²) >= 11 is 0. The monoisotopic (exact) mass is 328 g/mol. The molecule has 0 aliphatic carbocycles. The molecule has 0 spiro atoms. The first kappa shape index (κ1) is 16.5. The van der Waals surface area contributed by atoms with Crippen LogP contribution in [0.3, 0.4) is 0 Å². The molecule has 3 rings (SSSR count). The number of aromatic nitrogens is 3. The molecule has 1 fully saturated rings. The molecule has 0 N–H and O–H groups in total. The van der Waals surface area contributed by atoms with Crippen LogP contribution in [0.5, 0.6) is 0 Å². The largest absolute Gasteiger partial charge is 0.447 e. The van der Waals surface area contributed by atoms with E-state index in [1.807, 2.05) is 50.6 Å². The van der Waals surface area contributed by atoms with Crippen molar-refractivity contribution in [1.82, 2.24) is 19.4 Å². The van der Waals surface area contributed by atoms with Gasteiger partial charge in [-0.2, -0.15) is 0 Å². The average molecular weight is 328 g/mol. The molecule has 0 atom stereocenters. The van der Waals surface area contributed by atoms with Crippen LogP contribution in [0.1, 0.15) is 44.1 Å². The quantitative estimate of drug-likeness (QED) is 0.865. The number of carbonyl (C=O) groups excluding carboxylic acids is 1. The lowest BCUT2D eigenvalue weighted by Gasteiger charge is -2.31. The fourth-order valence-corrected chi connectivity index (χ4v) is 3.08. The van der Waals surface area contributed by atoms with Gasteiger partial charge in [-0.3, -0.25) is 4.98 Å². The van der Waals surface area contributed by atoms with Gasteiger partial charge >= 0.3 is 6.09 Å². The van der Waals surface area contributed by atoms with E-state index in [2.05, 4.69) is 14.5 Å². The molecule has 1 aliphatic rings. The Morgan fingerprint density at radius 3 is 2.71 bits per heavy atom. The van der Waals surface area contributed by atoms with Crippen LogP contribution in [0.25, 0.3) is 0 Å². The number of ether oxygens (including phenoxy) is 1. The highest BCUT2D eigenvalue weighted by atomic mass is 16.6. The third-order valence-electron chi connectivity index (χ3n) is 4.26. The molecular formula is C18H24N4O2. The van der Waals surface area contributed by atoms with E-state index in [9.17, 15) is 4.79 Å². The van der Waals surface area contributed by atoms with Crippen molar-refractivity contribution < 1.29 is 9.53 Å². The average Bonchev–Trinajstić information content (AvgIpc) is 3.03. The van der Waals surface area contributed by atoms with E-state index in [1.54, 1.807) is 4.90 Å². The van der Waals surface area contributed by atoms with Crippen LogP contribution < -0.4 is 0 Å². The van der Waals surface area contributed by atoms with Gasteiger partial charge in [-0.15, -0.1) is 0 Å². The van der Waals surface area contributed by atoms with Crippen molar-refractivity contribution in [3.63, 3.8) is 0 Å². The van der Waals surface area contributed by atoms with E-state index in [-0.39, 0.29) is 12.2 Å². The Morgan fingerprint density at radius 2 is 2.04 bits per heavy atom. The highest BCUT2D eigenvalue weighted by Gasteiger charge is 2.27. The zero-order valence-corrected chi connectivity index (χ0v) is 14.3. The van der Waals surface area contributed by atoms with Crippen LogP contribution in [0.2, 0.25) is 0 Å². The molecule has 3 heterocycles. The van der Waals surface area contributed by atoms with Gasteiger partial charge in [-0.25, -0.2) is 9.78 Å². The van der Waals surface area contributed by atoms with Crippen LogP contribution in [0.15, 0.2) is 36.8 Å². The summed E-state index contributed by atoms with van der Waals surface area (Å²) in [5, 5.41) is 0. The van der Waals surface area contributed by atoms with Gasteiger partial charge in [0.05, 0.1) is 18.3 Å². The molecule has 1 aliphatic heterocycles. The first-order valence-electron chi connectivity index (χ1n) is 8.50. The summed E-state index contributed by atoms with van der Waals surface area (Å²) in [5.74, 6) is 1.45. The van der Waals surface area contributed by atoms with Crippen molar-refractivity contribution in [3.05, 3.63) is 48.3 Å². The van der Waals surface area contributed by atoms with Gasteiger partial charge in [-0.1, -0.05) is 6.07 Å². The zero-order chi connectivity index (χ0) is 16.9. The molecule has 2 aromatic rings. The minimum absolute atomic E-state index is 0.0764. The highest BCUT2D eigenvalue weighted by Crippen LogP contribution is 2.27. The number of amides is 1. The van der Waals surface area contributed by atoms with Gasteiger partial charge in [-0.05, 0) is 38.8 Å². The number of likely N-dealkylation sites (tertiary alicyclic amines) is 1. The number of hydrogen-bond acceptors (Lipinski definition) is 4. The second kappa shape index (κ2) is 7.47. The minimum Gasteiger partial charge on any atom is -0.447 e. The number of pyridine rings is 1. The van der Waals surface area contributed by atoms with Gasteiger partial charge in [0.2, 0.25) is 0 Å². The predicted octanol–water partition coefficient (Wildman–Crippen LogP) is 3.05. The smallest absolute Gasteiger partial charge is 0.410 e. The van der Waals surface area contributed by atoms with E-state index in [0.29, 0.717) is 19.0 Å². The number of imidazole rings is 1. The second-order valence-electron chi connectivity index (χ2n) is 6.43. The summed E-state index contributed by atoms with van der Waals surface area (Å²) < 4.78 is 7.44. The molecule has 1 amide bonds. The zero-order valence-electron chi connectivity index (χ0n) is 14.3. The molecule has 128 valence electrons. The van der Waals surface area contributed by atoms with Crippen molar-refractivity contribution in [2.24, 2.45) is 0 Å². The standard InChI is InChI=1S/C18H24N4O2/c1-14(2)24-18(23)21-10-6-15(7-11-21)17-20-9-12-22(17)13-16-5-3-4-8-19-16/h3-5,8-9,12,14-15H,6-7,10-11,13H2,1-2H3. The van der Waals surface area contributed by atoms with Crippen LogP contribution in [0, 0.1) is 0 Å². The van der Waals surface area contributed by atoms with Crippen molar-refractivity contribution in [1.29, 1.82) is 0 Å². The van der Waals surface area contributed by atoms with E-state index < -0.39 is 0 Å². The van der Waals surface area contributed by atoms with E-state index in [0.717, 1.165) is 30.9 Å². The SMILES string of the molecule is CC(C)OC(=O)N1CCC(c2nccn2Cc2ccccn2)CC1. The van der Waals surface area contributed by atoms with E-state index in [1.165, 1.54) is 0 Å². The molecule has 0 bridgehead atoms. The Kier molecular flexibility index (Phi) is 5.13. The van der Waals surface area contributed by atoms with Crippen LogP contribution in [0.4, 0.5) is 4.79 Å². The Morgan fingerprint density at radius 1 is 1.25 bits per heavy atom. The number of rotatable bonds is 4. The van der Waals surface area contributed by atoms with Crippen molar-refractivity contribution in [2.75, 3.05) is 13.1 Å². The normalized spacial score (nSPS) is 15.7. The number of carbonyl (C=O) groups is 1. The Bertz CT molecular complexity index is 661. The van der Waals surface area contributed by atoms with Crippen LogP contribution in [-0.2, 0) is 11.3 Å². The topological polar surface area (TPSA) is 60.2 Å². The second-order valence-corrected chi connectivity index (χ2v) is 6.43. The maximum Gasteiger partial charge on any atom is 0.410 e. The molecule has 6 nitrogen and oxygen atoms in total. The van der Waals surface area contributed by atoms with Crippen LogP contribution >= 0.6 is 0 Å². The van der Waals surface area contributed by atoms with Gasteiger partial charge in [0.15, 0.2) is 0 Å². The maximum atomic E-state index is 12.0. The lowest BCUT2D eigenvalue weighted by Crippen LogP contribution is -2.39. The molecule has 0 saturated carbocycles. The van der Waals surface area contributed by atoms with Crippen molar-refractivity contribution in [3.8, 4) is 0 Å². The Balaban J connectivity index is 1.61. The summed E-state index contributed by atoms with van der Waals surface area (Å²) in [6, 6.07) is 5.94. The van der Waals surface area contributed by atoms with Gasteiger partial charge in [0.25, 0.3) is 0 Å². The fraction of sp³-hybridized carbons (Fsp3) is 0.500. The van der Waals surface area contributed by atoms with Gasteiger partial charge < -0.3 is 14.2 Å².